The Labute approximate surface area is 109 Å². The smallest absolute Gasteiger partial charge is 0.396 e. The van der Waals surface area contributed by atoms with Crippen LogP contribution in [0.15, 0.2) is 0 Å². The first kappa shape index (κ1) is 16.7. The van der Waals surface area contributed by atoms with Crippen molar-refractivity contribution in [1.82, 2.24) is 4.90 Å². The van der Waals surface area contributed by atoms with Crippen molar-refractivity contribution >= 4 is 17.8 Å². The van der Waals surface area contributed by atoms with E-state index in [1.54, 1.807) is 0 Å². The maximum atomic E-state index is 11.5. The Balaban J connectivity index is 3.83. The zero-order valence-electron chi connectivity index (χ0n) is 10.3. The van der Waals surface area contributed by atoms with E-state index < -0.39 is 11.9 Å². The van der Waals surface area contributed by atoms with Gasteiger partial charge in [0, 0.05) is 13.1 Å². The maximum absolute atomic E-state index is 11.5. The summed E-state index contributed by atoms with van der Waals surface area (Å²) in [6, 6.07) is 0. The second-order valence-corrected chi connectivity index (χ2v) is 3.52. The summed E-state index contributed by atoms with van der Waals surface area (Å²) < 4.78 is 18.5. The number of esters is 1. The van der Waals surface area contributed by atoms with E-state index in [4.69, 9.17) is 0 Å². The van der Waals surface area contributed by atoms with Crippen molar-refractivity contribution in [1.29, 1.82) is 0 Å². The predicted octanol–water partition coefficient (Wildman–Crippen LogP) is -1.00. The summed E-state index contributed by atoms with van der Waals surface area (Å²) in [6.45, 7) is 4.37. The molecule has 1 amide bonds. The van der Waals surface area contributed by atoms with E-state index >= 15 is 0 Å². The van der Waals surface area contributed by atoms with Crippen molar-refractivity contribution in [2.24, 2.45) is 0 Å². The van der Waals surface area contributed by atoms with Crippen LogP contribution in [-0.2, 0) is 23.4 Å². The average molecular weight is 282 g/mol. The van der Waals surface area contributed by atoms with Gasteiger partial charge in [0.1, 0.15) is 0 Å². The lowest BCUT2D eigenvalue weighted by Crippen LogP contribution is -2.34. The van der Waals surface area contributed by atoms with Gasteiger partial charge in [0.15, 0.2) is 6.61 Å². The highest BCUT2D eigenvalue weighted by Crippen LogP contribution is 1.97. The van der Waals surface area contributed by atoms with Crippen molar-refractivity contribution in [3.8, 4) is 0 Å². The van der Waals surface area contributed by atoms with Gasteiger partial charge in [-0.2, -0.15) is 4.29 Å². The number of carbonyl (C=O) groups is 3. The lowest BCUT2D eigenvalue weighted by Gasteiger charge is -2.18. The summed E-state index contributed by atoms with van der Waals surface area (Å²) in [6.07, 6.45) is -0.483. The van der Waals surface area contributed by atoms with Crippen molar-refractivity contribution in [2.75, 3.05) is 19.7 Å². The van der Waals surface area contributed by atoms with Crippen molar-refractivity contribution < 1.29 is 39.4 Å². The minimum absolute atomic E-state index is 0.104. The summed E-state index contributed by atoms with van der Waals surface area (Å²) in [7, 11) is 0. The number of amides is 1. The summed E-state index contributed by atoms with van der Waals surface area (Å²) in [5, 5.41) is 0. The molecule has 0 atom stereocenters. The Hall–Kier alpha value is -1.34. The maximum Gasteiger partial charge on any atom is 0.396 e. The minimum Gasteiger partial charge on any atom is -0.495 e. The normalized spacial score (nSPS) is 9.72. The molecule has 8 heteroatoms. The summed E-state index contributed by atoms with van der Waals surface area (Å²) in [5.74, 6) is -1.79. The Morgan fingerprint density at radius 1 is 1.11 bits per heavy atom. The van der Waals surface area contributed by atoms with Crippen LogP contribution in [-0.4, -0.2) is 42.4 Å². The third kappa shape index (κ3) is 7.08. The van der Waals surface area contributed by atoms with Crippen LogP contribution in [0.5, 0.6) is 0 Å². The zero-order valence-corrected chi connectivity index (χ0v) is 11.1. The van der Waals surface area contributed by atoms with Crippen LogP contribution in [0.3, 0.4) is 0 Å². The van der Waals surface area contributed by atoms with E-state index in [9.17, 15) is 19.0 Å². The van der Waals surface area contributed by atoms with Gasteiger partial charge in [0.2, 0.25) is 0 Å². The van der Waals surface area contributed by atoms with Crippen LogP contribution in [0.2, 0.25) is 0 Å². The van der Waals surface area contributed by atoms with E-state index in [0.717, 1.165) is 0 Å². The largest absolute Gasteiger partial charge is 0.495 e. The molecule has 0 aliphatic rings. The van der Waals surface area contributed by atoms with Crippen molar-refractivity contribution in [3.63, 3.8) is 0 Å². The lowest BCUT2D eigenvalue weighted by molar-refractivity contribution is -1.26. The first-order valence-corrected chi connectivity index (χ1v) is 6.07. The molecule has 0 aliphatic heterocycles. The number of halogens is 1. The van der Waals surface area contributed by atoms with Gasteiger partial charge >= 0.3 is 23.3 Å². The molecule has 0 spiro atoms. The first-order chi connectivity index (χ1) is 8.54. The van der Waals surface area contributed by atoms with Crippen LogP contribution in [0.4, 0.5) is 0 Å². The fraction of sp³-hybridized carbons (Fsp3) is 0.700. The minimum atomic E-state index is -0.814. The zero-order chi connectivity index (χ0) is 14.0. The van der Waals surface area contributed by atoms with Gasteiger partial charge in [-0.05, 0) is 13.8 Å². The highest BCUT2D eigenvalue weighted by atomic mass is 35.6. The summed E-state index contributed by atoms with van der Waals surface area (Å²) >= 11 is 0.104. The fourth-order valence-corrected chi connectivity index (χ4v) is 1.31. The molecule has 0 heterocycles. The highest BCUT2D eigenvalue weighted by molar-refractivity contribution is 5.82. The molecule has 0 aromatic heterocycles. The molecule has 0 radical (unpaired) electrons. The van der Waals surface area contributed by atoms with Gasteiger partial charge in [-0.15, -0.1) is 0 Å². The molecule has 0 saturated carbocycles. The van der Waals surface area contributed by atoms with Crippen LogP contribution in [0.1, 0.15) is 26.7 Å². The molecular formula is C10H16ClNO6. The van der Waals surface area contributed by atoms with E-state index in [1.165, 1.54) is 4.90 Å². The summed E-state index contributed by atoms with van der Waals surface area (Å²) in [5.41, 5.74) is 0. The SMILES string of the molecule is CCN(CC)C(=O)COC(=O)CCC(=O)O[Cl+][O-]. The number of ether oxygens (including phenoxy) is 1. The molecule has 0 aliphatic carbocycles. The fourth-order valence-electron chi connectivity index (χ4n) is 1.16. The van der Waals surface area contributed by atoms with Gasteiger partial charge in [-0.25, -0.2) is 4.79 Å². The monoisotopic (exact) mass is 281 g/mol. The standard InChI is InChI=1S/C10H16ClNO6/c1-3-12(4-2)8(13)7-17-9(14)5-6-10(15)18-11-16/h3-7H2,1-2H3. The number of likely N-dealkylation sites (N-methyl/N-ethyl adjacent to an activating group) is 1. The molecule has 0 fully saturated rings. The van der Waals surface area contributed by atoms with E-state index in [0.29, 0.717) is 13.1 Å². The highest BCUT2D eigenvalue weighted by Gasteiger charge is 2.15. The molecule has 0 aromatic rings. The van der Waals surface area contributed by atoms with E-state index in [-0.39, 0.29) is 36.7 Å². The first-order valence-electron chi connectivity index (χ1n) is 5.45. The topological polar surface area (TPSA) is 96.0 Å². The Morgan fingerprint density at radius 2 is 1.67 bits per heavy atom. The number of carbonyl (C=O) groups excluding carboxylic acids is 3. The van der Waals surface area contributed by atoms with Gasteiger partial charge in [0.25, 0.3) is 5.91 Å². The Bertz CT molecular complexity index is 292. The molecule has 0 saturated heterocycles. The average Bonchev–Trinajstić information content (AvgIpc) is 2.35. The summed E-state index contributed by atoms with van der Waals surface area (Å²) in [4.78, 5) is 34.9. The molecule has 0 N–H and O–H groups in total. The second kappa shape index (κ2) is 9.67. The second-order valence-electron chi connectivity index (χ2n) is 3.24. The van der Waals surface area contributed by atoms with E-state index in [1.807, 2.05) is 13.8 Å². The Kier molecular flexibility index (Phi) is 8.95. The van der Waals surface area contributed by atoms with Crippen LogP contribution in [0, 0.1) is 11.3 Å². The molecule has 0 aromatic carbocycles. The van der Waals surface area contributed by atoms with Crippen molar-refractivity contribution in [2.45, 2.75) is 26.7 Å². The Morgan fingerprint density at radius 3 is 2.17 bits per heavy atom. The van der Waals surface area contributed by atoms with Gasteiger partial charge in [-0.3, -0.25) is 9.59 Å². The van der Waals surface area contributed by atoms with Crippen LogP contribution < -0.4 is 4.66 Å². The number of hydrogen-bond acceptors (Lipinski definition) is 6. The predicted molar refractivity (Wildman–Crippen MR) is 54.2 cm³/mol. The molecule has 0 rings (SSSR count). The molecule has 7 nitrogen and oxygen atoms in total. The van der Waals surface area contributed by atoms with Gasteiger partial charge in [0.05, 0.1) is 12.8 Å². The number of nitrogens with zero attached hydrogens (tertiary/aromatic N) is 1. The number of hydrogen-bond donors (Lipinski definition) is 0. The third-order valence-corrected chi connectivity index (χ3v) is 2.36. The van der Waals surface area contributed by atoms with Gasteiger partial charge < -0.3 is 14.3 Å². The molecule has 18 heavy (non-hydrogen) atoms. The third-order valence-electron chi connectivity index (χ3n) is 2.12. The van der Waals surface area contributed by atoms with E-state index in [2.05, 4.69) is 9.03 Å². The molecular weight excluding hydrogens is 266 g/mol. The molecule has 0 bridgehead atoms. The molecule has 104 valence electrons. The van der Waals surface area contributed by atoms with Crippen molar-refractivity contribution in [3.05, 3.63) is 0 Å². The quantitative estimate of drug-likeness (QED) is 0.529. The van der Waals surface area contributed by atoms with Crippen LogP contribution >= 0.6 is 0 Å². The molecule has 0 unspecified atom stereocenters. The number of rotatable bonds is 8. The van der Waals surface area contributed by atoms with Gasteiger partial charge in [-0.1, -0.05) is 0 Å². The lowest BCUT2D eigenvalue weighted by atomic mass is 10.3. The van der Waals surface area contributed by atoms with Crippen LogP contribution in [0.25, 0.3) is 0 Å².